The minimum absolute atomic E-state index is 1.11. The van der Waals surface area contributed by atoms with Crippen molar-refractivity contribution < 1.29 is 0 Å². The minimum atomic E-state index is 1.11. The maximum Gasteiger partial charge on any atom is 0.0649 e. The number of aryl methyl sites for hydroxylation is 1. The third-order valence-electron chi connectivity index (χ3n) is 1.97. The van der Waals surface area contributed by atoms with Crippen molar-refractivity contribution in [1.29, 1.82) is 0 Å². The molecule has 0 bridgehead atoms. The molecule has 0 amide bonds. The highest BCUT2D eigenvalue weighted by Crippen LogP contribution is 2.08. The Morgan fingerprint density at radius 1 is 1.15 bits per heavy atom. The summed E-state index contributed by atoms with van der Waals surface area (Å²) in [6, 6.07) is 10.2. The molecule has 1 heterocycles. The van der Waals surface area contributed by atoms with Crippen LogP contribution in [0.3, 0.4) is 0 Å². The van der Waals surface area contributed by atoms with Crippen LogP contribution in [-0.2, 0) is 0 Å². The van der Waals surface area contributed by atoms with Gasteiger partial charge < -0.3 is 0 Å². The van der Waals surface area contributed by atoms with E-state index in [0.29, 0.717) is 0 Å². The molecule has 13 heavy (non-hydrogen) atoms. The summed E-state index contributed by atoms with van der Waals surface area (Å²) in [7, 11) is 2.67. The zero-order chi connectivity index (χ0) is 9.26. The van der Waals surface area contributed by atoms with Crippen molar-refractivity contribution in [1.82, 2.24) is 9.78 Å². The van der Waals surface area contributed by atoms with Gasteiger partial charge in [0.15, 0.2) is 0 Å². The van der Waals surface area contributed by atoms with Gasteiger partial charge in [0.2, 0.25) is 0 Å². The average Bonchev–Trinajstić information content (AvgIpc) is 2.53. The molecule has 0 saturated carbocycles. The third-order valence-corrected chi connectivity index (χ3v) is 2.35. The van der Waals surface area contributed by atoms with Crippen LogP contribution in [0, 0.1) is 6.92 Å². The molecular formula is C10H11N2P. The van der Waals surface area contributed by atoms with Gasteiger partial charge in [0.1, 0.15) is 0 Å². The van der Waals surface area contributed by atoms with Crippen molar-refractivity contribution in [2.45, 2.75) is 6.92 Å². The second-order valence-electron chi connectivity index (χ2n) is 2.98. The molecule has 2 nitrogen and oxygen atoms in total. The predicted molar refractivity (Wildman–Crippen MR) is 57.6 cm³/mol. The Hall–Kier alpha value is -1.14. The summed E-state index contributed by atoms with van der Waals surface area (Å²) in [5.41, 5.74) is 2.25. The van der Waals surface area contributed by atoms with Gasteiger partial charge in [0.25, 0.3) is 0 Å². The Morgan fingerprint density at radius 2 is 1.85 bits per heavy atom. The van der Waals surface area contributed by atoms with E-state index in [-0.39, 0.29) is 0 Å². The summed E-state index contributed by atoms with van der Waals surface area (Å²) >= 11 is 0. The Bertz CT molecular complexity index is 403. The predicted octanol–water partition coefficient (Wildman–Crippen LogP) is 1.68. The number of aromatic nitrogens is 2. The molecule has 66 valence electrons. The van der Waals surface area contributed by atoms with Gasteiger partial charge in [0.05, 0.1) is 5.69 Å². The molecule has 1 aromatic heterocycles. The van der Waals surface area contributed by atoms with Crippen LogP contribution in [-0.4, -0.2) is 9.78 Å². The van der Waals surface area contributed by atoms with Crippen molar-refractivity contribution >= 4 is 14.5 Å². The molecule has 3 heteroatoms. The van der Waals surface area contributed by atoms with E-state index in [1.165, 1.54) is 5.30 Å². The smallest absolute Gasteiger partial charge is 0.0649 e. The molecule has 0 spiro atoms. The summed E-state index contributed by atoms with van der Waals surface area (Å²) in [6.07, 6.45) is 1.81. The maximum atomic E-state index is 4.23. The van der Waals surface area contributed by atoms with E-state index < -0.39 is 0 Å². The maximum absolute atomic E-state index is 4.23. The van der Waals surface area contributed by atoms with E-state index >= 15 is 0 Å². The lowest BCUT2D eigenvalue weighted by atomic mass is 10.3. The first-order valence-corrected chi connectivity index (χ1v) is 4.71. The Kier molecular flexibility index (Phi) is 2.15. The second-order valence-corrected chi connectivity index (χ2v) is 3.64. The zero-order valence-corrected chi connectivity index (χ0v) is 8.59. The number of hydrogen-bond donors (Lipinski definition) is 0. The third kappa shape index (κ3) is 1.63. The van der Waals surface area contributed by atoms with E-state index in [1.807, 2.05) is 23.9 Å². The fraction of sp³-hybridized carbons (Fsp3) is 0.100. The standard InChI is InChI=1S/C10H11N2P/c1-8-6-7-11-12(8)9-2-4-10(13)5-3-9/h2-7H,13H2,1H3. The van der Waals surface area contributed by atoms with E-state index in [1.54, 1.807) is 0 Å². The molecule has 0 radical (unpaired) electrons. The fourth-order valence-corrected chi connectivity index (χ4v) is 1.45. The molecule has 2 rings (SSSR count). The number of benzene rings is 1. The van der Waals surface area contributed by atoms with Gasteiger partial charge in [-0.2, -0.15) is 5.10 Å². The van der Waals surface area contributed by atoms with E-state index in [9.17, 15) is 0 Å². The van der Waals surface area contributed by atoms with Gasteiger partial charge in [-0.3, -0.25) is 0 Å². The first-order chi connectivity index (χ1) is 6.27. The first kappa shape index (κ1) is 8.46. The van der Waals surface area contributed by atoms with Crippen molar-refractivity contribution in [3.8, 4) is 5.69 Å². The number of hydrogen-bond acceptors (Lipinski definition) is 1. The lowest BCUT2D eigenvalue weighted by Gasteiger charge is -2.03. The number of rotatable bonds is 1. The van der Waals surface area contributed by atoms with Gasteiger partial charge >= 0.3 is 0 Å². The van der Waals surface area contributed by atoms with E-state index in [4.69, 9.17) is 0 Å². The summed E-state index contributed by atoms with van der Waals surface area (Å²) in [5, 5.41) is 5.41. The second kappa shape index (κ2) is 3.31. The quantitative estimate of drug-likeness (QED) is 0.625. The molecule has 0 aliphatic rings. The molecule has 1 unspecified atom stereocenters. The molecule has 1 aromatic carbocycles. The average molecular weight is 190 g/mol. The van der Waals surface area contributed by atoms with Gasteiger partial charge in [0, 0.05) is 11.9 Å². The molecular weight excluding hydrogens is 179 g/mol. The zero-order valence-electron chi connectivity index (χ0n) is 7.44. The van der Waals surface area contributed by atoms with Gasteiger partial charge in [-0.25, -0.2) is 4.68 Å². The van der Waals surface area contributed by atoms with Crippen molar-refractivity contribution in [3.63, 3.8) is 0 Å². The van der Waals surface area contributed by atoms with Crippen molar-refractivity contribution in [2.75, 3.05) is 0 Å². The van der Waals surface area contributed by atoms with Crippen LogP contribution in [0.2, 0.25) is 0 Å². The van der Waals surface area contributed by atoms with Gasteiger partial charge in [-0.15, -0.1) is 9.24 Å². The summed E-state index contributed by atoms with van der Waals surface area (Å²) in [4.78, 5) is 0. The molecule has 1 atom stereocenters. The number of nitrogens with zero attached hydrogens (tertiary/aromatic N) is 2. The van der Waals surface area contributed by atoms with Crippen LogP contribution in [0.4, 0.5) is 0 Å². The molecule has 0 aliphatic heterocycles. The van der Waals surface area contributed by atoms with Crippen LogP contribution in [0.15, 0.2) is 36.5 Å². The Balaban J connectivity index is 2.47. The van der Waals surface area contributed by atoms with E-state index in [2.05, 4.69) is 38.6 Å². The molecule has 0 fully saturated rings. The lowest BCUT2D eigenvalue weighted by Crippen LogP contribution is -1.99. The summed E-state index contributed by atoms with van der Waals surface area (Å²) in [6.45, 7) is 2.04. The SMILES string of the molecule is Cc1ccnn1-c1ccc(P)cc1. The van der Waals surface area contributed by atoms with Crippen LogP contribution >= 0.6 is 9.24 Å². The molecule has 0 N–H and O–H groups in total. The Morgan fingerprint density at radius 3 is 2.38 bits per heavy atom. The van der Waals surface area contributed by atoms with Crippen LogP contribution < -0.4 is 5.30 Å². The highest BCUT2D eigenvalue weighted by Gasteiger charge is 1.98. The van der Waals surface area contributed by atoms with Crippen LogP contribution in [0.1, 0.15) is 5.69 Å². The lowest BCUT2D eigenvalue weighted by molar-refractivity contribution is 0.847. The van der Waals surface area contributed by atoms with Crippen LogP contribution in [0.25, 0.3) is 5.69 Å². The van der Waals surface area contributed by atoms with Crippen LogP contribution in [0.5, 0.6) is 0 Å². The van der Waals surface area contributed by atoms with Crippen molar-refractivity contribution in [3.05, 3.63) is 42.2 Å². The molecule has 0 saturated heterocycles. The van der Waals surface area contributed by atoms with Gasteiger partial charge in [-0.1, -0.05) is 12.1 Å². The Labute approximate surface area is 79.8 Å². The normalized spacial score (nSPS) is 10.3. The fourth-order valence-electron chi connectivity index (χ4n) is 1.26. The first-order valence-electron chi connectivity index (χ1n) is 4.14. The highest BCUT2D eigenvalue weighted by atomic mass is 31.0. The monoisotopic (exact) mass is 190 g/mol. The molecule has 0 aliphatic carbocycles. The van der Waals surface area contributed by atoms with Gasteiger partial charge in [-0.05, 0) is 30.4 Å². The van der Waals surface area contributed by atoms with Crippen molar-refractivity contribution in [2.24, 2.45) is 0 Å². The summed E-state index contributed by atoms with van der Waals surface area (Å²) < 4.78 is 1.92. The topological polar surface area (TPSA) is 17.8 Å². The van der Waals surface area contributed by atoms with E-state index in [0.717, 1.165) is 11.4 Å². The minimum Gasteiger partial charge on any atom is -0.238 e. The molecule has 2 aromatic rings. The largest absolute Gasteiger partial charge is 0.238 e. The highest BCUT2D eigenvalue weighted by molar-refractivity contribution is 7.27. The summed E-state index contributed by atoms with van der Waals surface area (Å²) in [5.74, 6) is 0.